The third kappa shape index (κ3) is 2.32. The van der Waals surface area contributed by atoms with Crippen molar-refractivity contribution in [3.63, 3.8) is 0 Å². The lowest BCUT2D eigenvalue weighted by atomic mass is 10.1. The van der Waals surface area contributed by atoms with Crippen LogP contribution in [0, 0.1) is 0 Å². The fraction of sp³-hybridized carbons (Fsp3) is 0.455. The smallest absolute Gasteiger partial charge is 0.0602 e. The lowest BCUT2D eigenvalue weighted by Gasteiger charge is -2.34. The van der Waals surface area contributed by atoms with Crippen molar-refractivity contribution in [2.24, 2.45) is 0 Å². The van der Waals surface area contributed by atoms with Gasteiger partial charge >= 0.3 is 0 Å². The average Bonchev–Trinajstić information content (AvgIpc) is 2.01. The van der Waals surface area contributed by atoms with Crippen LogP contribution in [0.25, 0.3) is 0 Å². The number of hydrogen-bond donors (Lipinski definition) is 1. The highest BCUT2D eigenvalue weighted by Gasteiger charge is 2.18. The summed E-state index contributed by atoms with van der Waals surface area (Å²) in [6, 6.07) is 5.58. The van der Waals surface area contributed by atoms with E-state index >= 15 is 0 Å². The van der Waals surface area contributed by atoms with Crippen molar-refractivity contribution in [3.05, 3.63) is 23.2 Å². The van der Waals surface area contributed by atoms with Gasteiger partial charge < -0.3 is 10.6 Å². The Morgan fingerprint density at radius 1 is 1.29 bits per heavy atom. The SMILES string of the molecule is CN(c1ccc(Cl)cc1N)C(C)(C)C. The molecular formula is C11H17ClN2. The van der Waals surface area contributed by atoms with Gasteiger partial charge in [0.15, 0.2) is 0 Å². The number of halogens is 1. The molecule has 1 aromatic carbocycles. The van der Waals surface area contributed by atoms with Gasteiger partial charge in [-0.2, -0.15) is 0 Å². The normalized spacial score (nSPS) is 11.5. The van der Waals surface area contributed by atoms with Crippen molar-refractivity contribution in [3.8, 4) is 0 Å². The van der Waals surface area contributed by atoms with Crippen LogP contribution in [0.2, 0.25) is 5.02 Å². The van der Waals surface area contributed by atoms with Crippen molar-refractivity contribution in [2.75, 3.05) is 17.7 Å². The van der Waals surface area contributed by atoms with Gasteiger partial charge in [0.25, 0.3) is 0 Å². The summed E-state index contributed by atoms with van der Waals surface area (Å²) < 4.78 is 0. The Kier molecular flexibility index (Phi) is 2.95. The monoisotopic (exact) mass is 212 g/mol. The van der Waals surface area contributed by atoms with Crippen LogP contribution in [-0.2, 0) is 0 Å². The Bertz CT molecular complexity index is 329. The van der Waals surface area contributed by atoms with Crippen LogP contribution in [0.15, 0.2) is 18.2 Å². The quantitative estimate of drug-likeness (QED) is 0.725. The van der Waals surface area contributed by atoms with Crippen molar-refractivity contribution in [1.29, 1.82) is 0 Å². The van der Waals surface area contributed by atoms with Gasteiger partial charge in [-0.25, -0.2) is 0 Å². The van der Waals surface area contributed by atoms with Crippen LogP contribution in [-0.4, -0.2) is 12.6 Å². The van der Waals surface area contributed by atoms with E-state index in [1.807, 2.05) is 19.2 Å². The summed E-state index contributed by atoms with van der Waals surface area (Å²) in [4.78, 5) is 2.14. The summed E-state index contributed by atoms with van der Waals surface area (Å²) in [5, 5.41) is 0.675. The van der Waals surface area contributed by atoms with E-state index in [4.69, 9.17) is 17.3 Å². The maximum atomic E-state index is 5.89. The predicted octanol–water partition coefficient (Wildman–Crippen LogP) is 3.16. The van der Waals surface area contributed by atoms with Gasteiger partial charge in [-0.05, 0) is 39.0 Å². The zero-order valence-electron chi connectivity index (χ0n) is 9.13. The lowest BCUT2D eigenvalue weighted by Crippen LogP contribution is -2.38. The molecule has 0 aliphatic heterocycles. The number of benzene rings is 1. The van der Waals surface area contributed by atoms with Gasteiger partial charge in [0.1, 0.15) is 0 Å². The third-order valence-electron chi connectivity index (χ3n) is 2.36. The lowest BCUT2D eigenvalue weighted by molar-refractivity contribution is 0.539. The van der Waals surface area contributed by atoms with Gasteiger partial charge in [-0.15, -0.1) is 0 Å². The summed E-state index contributed by atoms with van der Waals surface area (Å²) >= 11 is 5.84. The van der Waals surface area contributed by atoms with Crippen molar-refractivity contribution in [2.45, 2.75) is 26.3 Å². The van der Waals surface area contributed by atoms with Gasteiger partial charge in [-0.1, -0.05) is 11.6 Å². The molecule has 0 atom stereocenters. The Balaban J connectivity index is 3.08. The number of nitrogens with zero attached hydrogens (tertiary/aromatic N) is 1. The van der Waals surface area contributed by atoms with E-state index in [-0.39, 0.29) is 5.54 Å². The minimum atomic E-state index is 0.0575. The maximum Gasteiger partial charge on any atom is 0.0602 e. The second-order valence-corrected chi connectivity index (χ2v) is 4.87. The highest BCUT2D eigenvalue weighted by Crippen LogP contribution is 2.29. The minimum absolute atomic E-state index is 0.0575. The third-order valence-corrected chi connectivity index (χ3v) is 2.59. The molecule has 0 aromatic heterocycles. The molecule has 1 aromatic rings. The van der Waals surface area contributed by atoms with E-state index in [0.29, 0.717) is 5.02 Å². The summed E-state index contributed by atoms with van der Waals surface area (Å²) in [5.41, 5.74) is 7.68. The molecular weight excluding hydrogens is 196 g/mol. The summed E-state index contributed by atoms with van der Waals surface area (Å²) in [5.74, 6) is 0. The molecule has 0 saturated carbocycles. The molecule has 0 spiro atoms. The largest absolute Gasteiger partial charge is 0.397 e. The van der Waals surface area contributed by atoms with E-state index in [2.05, 4.69) is 25.7 Å². The molecule has 3 heteroatoms. The van der Waals surface area contributed by atoms with Crippen molar-refractivity contribution in [1.82, 2.24) is 0 Å². The Hall–Kier alpha value is -0.890. The van der Waals surface area contributed by atoms with Crippen LogP contribution >= 0.6 is 11.6 Å². The fourth-order valence-corrected chi connectivity index (χ4v) is 1.37. The van der Waals surface area contributed by atoms with E-state index in [0.717, 1.165) is 11.4 Å². The summed E-state index contributed by atoms with van der Waals surface area (Å²) in [7, 11) is 2.03. The number of nitrogen functional groups attached to an aromatic ring is 1. The van der Waals surface area contributed by atoms with Gasteiger partial charge in [0.05, 0.1) is 11.4 Å². The summed E-state index contributed by atoms with van der Waals surface area (Å²) in [6.45, 7) is 6.42. The van der Waals surface area contributed by atoms with Crippen molar-refractivity contribution < 1.29 is 0 Å². The first-order valence-corrected chi connectivity index (χ1v) is 4.99. The number of anilines is 2. The van der Waals surface area contributed by atoms with E-state index in [1.165, 1.54) is 0 Å². The molecule has 0 fully saturated rings. The first-order chi connectivity index (χ1) is 6.32. The predicted molar refractivity (Wildman–Crippen MR) is 64.0 cm³/mol. The first kappa shape index (κ1) is 11.2. The van der Waals surface area contributed by atoms with E-state index in [1.54, 1.807) is 6.07 Å². The molecule has 0 radical (unpaired) electrons. The molecule has 0 aliphatic rings. The number of nitrogens with two attached hydrogens (primary N) is 1. The average molecular weight is 213 g/mol. The van der Waals surface area contributed by atoms with Crippen LogP contribution in [0.1, 0.15) is 20.8 Å². The standard InChI is InChI=1S/C11H17ClN2/c1-11(2,3)14(4)10-6-5-8(12)7-9(10)13/h5-7H,13H2,1-4H3. The highest BCUT2D eigenvalue weighted by molar-refractivity contribution is 6.31. The van der Waals surface area contributed by atoms with Crippen LogP contribution in [0.3, 0.4) is 0 Å². The molecule has 0 bridgehead atoms. The Morgan fingerprint density at radius 2 is 1.86 bits per heavy atom. The molecule has 2 N–H and O–H groups in total. The Morgan fingerprint density at radius 3 is 2.29 bits per heavy atom. The second-order valence-electron chi connectivity index (χ2n) is 4.43. The van der Waals surface area contributed by atoms with Crippen LogP contribution < -0.4 is 10.6 Å². The molecule has 0 aliphatic carbocycles. The number of rotatable bonds is 1. The topological polar surface area (TPSA) is 29.3 Å². The minimum Gasteiger partial charge on any atom is -0.397 e. The summed E-state index contributed by atoms with van der Waals surface area (Å²) in [6.07, 6.45) is 0. The first-order valence-electron chi connectivity index (χ1n) is 4.61. The zero-order valence-corrected chi connectivity index (χ0v) is 9.89. The molecule has 78 valence electrons. The molecule has 14 heavy (non-hydrogen) atoms. The van der Waals surface area contributed by atoms with Crippen molar-refractivity contribution >= 4 is 23.0 Å². The van der Waals surface area contributed by atoms with Gasteiger partial charge in [0.2, 0.25) is 0 Å². The van der Waals surface area contributed by atoms with Gasteiger partial charge in [0, 0.05) is 17.6 Å². The molecule has 0 saturated heterocycles. The van der Waals surface area contributed by atoms with Crippen LogP contribution in [0.5, 0.6) is 0 Å². The molecule has 1 rings (SSSR count). The highest BCUT2D eigenvalue weighted by atomic mass is 35.5. The molecule has 2 nitrogen and oxygen atoms in total. The number of hydrogen-bond acceptors (Lipinski definition) is 2. The molecule has 0 unspecified atom stereocenters. The second kappa shape index (κ2) is 3.70. The maximum absolute atomic E-state index is 5.89. The van der Waals surface area contributed by atoms with E-state index < -0.39 is 0 Å². The Labute approximate surface area is 90.7 Å². The van der Waals surface area contributed by atoms with Gasteiger partial charge in [-0.3, -0.25) is 0 Å². The zero-order chi connectivity index (χ0) is 10.9. The molecule has 0 heterocycles. The van der Waals surface area contributed by atoms with Crippen LogP contribution in [0.4, 0.5) is 11.4 Å². The van der Waals surface area contributed by atoms with E-state index in [9.17, 15) is 0 Å². The fourth-order valence-electron chi connectivity index (χ4n) is 1.19. The molecule has 0 amide bonds.